The van der Waals surface area contributed by atoms with Crippen molar-refractivity contribution in [2.75, 3.05) is 5.73 Å². The first kappa shape index (κ1) is 13.6. The van der Waals surface area contributed by atoms with E-state index in [1.807, 2.05) is 0 Å². The number of aromatic carboxylic acids is 2. The second-order valence-electron chi connectivity index (χ2n) is 4.43. The van der Waals surface area contributed by atoms with Crippen molar-refractivity contribution in [2.45, 2.75) is 6.92 Å². The SMILES string of the molecule is Cc1c(C(=O)O)cc(-c2ccc(N)cc2)cc1C(=O)O. The van der Waals surface area contributed by atoms with Crippen LogP contribution in [0.1, 0.15) is 26.3 Å². The van der Waals surface area contributed by atoms with Crippen LogP contribution in [0.25, 0.3) is 11.1 Å². The predicted molar refractivity (Wildman–Crippen MR) is 74.9 cm³/mol. The number of rotatable bonds is 3. The van der Waals surface area contributed by atoms with Gasteiger partial charge in [-0.25, -0.2) is 9.59 Å². The van der Waals surface area contributed by atoms with E-state index in [0.29, 0.717) is 16.8 Å². The molecular formula is C15H13NO4. The van der Waals surface area contributed by atoms with E-state index in [9.17, 15) is 19.8 Å². The third-order valence-corrected chi connectivity index (χ3v) is 3.11. The van der Waals surface area contributed by atoms with Gasteiger partial charge < -0.3 is 15.9 Å². The van der Waals surface area contributed by atoms with Gasteiger partial charge in [-0.3, -0.25) is 0 Å². The van der Waals surface area contributed by atoms with Crippen molar-refractivity contribution in [3.8, 4) is 11.1 Å². The van der Waals surface area contributed by atoms with Crippen LogP contribution < -0.4 is 5.73 Å². The van der Waals surface area contributed by atoms with E-state index in [4.69, 9.17) is 5.73 Å². The number of carboxylic acid groups (broad SMARTS) is 2. The number of hydrogen-bond acceptors (Lipinski definition) is 3. The monoisotopic (exact) mass is 271 g/mol. The van der Waals surface area contributed by atoms with Crippen LogP contribution in [-0.4, -0.2) is 22.2 Å². The van der Waals surface area contributed by atoms with Crippen molar-refractivity contribution < 1.29 is 19.8 Å². The molecule has 2 aromatic rings. The van der Waals surface area contributed by atoms with E-state index in [1.165, 1.54) is 19.1 Å². The number of hydrogen-bond donors (Lipinski definition) is 3. The molecule has 0 aliphatic carbocycles. The molecule has 0 unspecified atom stereocenters. The minimum Gasteiger partial charge on any atom is -0.478 e. The van der Waals surface area contributed by atoms with Gasteiger partial charge in [0.05, 0.1) is 11.1 Å². The molecule has 0 saturated carbocycles. The van der Waals surface area contributed by atoms with E-state index in [2.05, 4.69) is 0 Å². The van der Waals surface area contributed by atoms with Gasteiger partial charge in [0.25, 0.3) is 0 Å². The minimum absolute atomic E-state index is 0.0169. The molecule has 0 bridgehead atoms. The van der Waals surface area contributed by atoms with Crippen LogP contribution >= 0.6 is 0 Å². The van der Waals surface area contributed by atoms with Crippen molar-refractivity contribution >= 4 is 17.6 Å². The molecule has 0 aliphatic rings. The van der Waals surface area contributed by atoms with Gasteiger partial charge in [-0.2, -0.15) is 0 Å². The summed E-state index contributed by atoms with van der Waals surface area (Å²) in [6.07, 6.45) is 0. The van der Waals surface area contributed by atoms with Crippen molar-refractivity contribution in [1.82, 2.24) is 0 Å². The fourth-order valence-corrected chi connectivity index (χ4v) is 2.00. The lowest BCUT2D eigenvalue weighted by Gasteiger charge is -2.10. The molecule has 4 N–H and O–H groups in total. The van der Waals surface area contributed by atoms with E-state index in [1.54, 1.807) is 24.3 Å². The first-order chi connectivity index (χ1) is 9.40. The molecule has 0 amide bonds. The van der Waals surface area contributed by atoms with Crippen LogP contribution in [0, 0.1) is 6.92 Å². The maximum absolute atomic E-state index is 11.2. The fraction of sp³-hybridized carbons (Fsp3) is 0.0667. The Morgan fingerprint density at radius 1 is 0.900 bits per heavy atom. The zero-order chi connectivity index (χ0) is 14.9. The van der Waals surface area contributed by atoms with Crippen LogP contribution in [0.3, 0.4) is 0 Å². The maximum Gasteiger partial charge on any atom is 0.335 e. The number of carbonyl (C=O) groups is 2. The summed E-state index contributed by atoms with van der Waals surface area (Å²) in [5.74, 6) is -2.30. The smallest absolute Gasteiger partial charge is 0.335 e. The van der Waals surface area contributed by atoms with Crippen LogP contribution in [0.5, 0.6) is 0 Å². The Bertz CT molecular complexity index is 655. The van der Waals surface area contributed by atoms with Crippen LogP contribution in [0.2, 0.25) is 0 Å². The molecule has 0 aromatic heterocycles. The molecule has 20 heavy (non-hydrogen) atoms. The van der Waals surface area contributed by atoms with Gasteiger partial charge in [0.15, 0.2) is 0 Å². The van der Waals surface area contributed by atoms with E-state index >= 15 is 0 Å². The number of anilines is 1. The summed E-state index contributed by atoms with van der Waals surface area (Å²) in [6.45, 7) is 1.49. The fourth-order valence-electron chi connectivity index (χ4n) is 2.00. The Morgan fingerprint density at radius 3 is 1.75 bits per heavy atom. The van der Waals surface area contributed by atoms with Crippen LogP contribution in [-0.2, 0) is 0 Å². The summed E-state index contributed by atoms with van der Waals surface area (Å²) in [5, 5.41) is 18.3. The van der Waals surface area contributed by atoms with Gasteiger partial charge in [0.2, 0.25) is 0 Å². The van der Waals surface area contributed by atoms with Crippen LogP contribution in [0.4, 0.5) is 5.69 Å². The molecule has 0 saturated heterocycles. The summed E-state index contributed by atoms with van der Waals surface area (Å²) in [4.78, 5) is 22.4. The number of carboxylic acids is 2. The van der Waals surface area contributed by atoms with Crippen molar-refractivity contribution in [2.24, 2.45) is 0 Å². The summed E-state index contributed by atoms with van der Waals surface area (Å²) < 4.78 is 0. The van der Waals surface area contributed by atoms with Gasteiger partial charge in [-0.15, -0.1) is 0 Å². The third-order valence-electron chi connectivity index (χ3n) is 3.11. The Hall–Kier alpha value is -2.82. The molecular weight excluding hydrogens is 258 g/mol. The normalized spacial score (nSPS) is 10.2. The molecule has 2 aromatic carbocycles. The first-order valence-electron chi connectivity index (χ1n) is 5.87. The third kappa shape index (κ3) is 2.47. The zero-order valence-corrected chi connectivity index (χ0v) is 10.8. The van der Waals surface area contributed by atoms with E-state index in [-0.39, 0.29) is 16.7 Å². The second-order valence-corrected chi connectivity index (χ2v) is 4.43. The lowest BCUT2D eigenvalue weighted by atomic mass is 9.95. The summed E-state index contributed by atoms with van der Waals surface area (Å²) in [5.41, 5.74) is 7.63. The highest BCUT2D eigenvalue weighted by atomic mass is 16.4. The molecule has 0 spiro atoms. The predicted octanol–water partition coefficient (Wildman–Crippen LogP) is 2.64. The Balaban J connectivity index is 2.68. The molecule has 0 fully saturated rings. The standard InChI is InChI=1S/C15H13NO4/c1-8-12(14(17)18)6-10(7-13(8)15(19)20)9-2-4-11(16)5-3-9/h2-7H,16H2,1H3,(H,17,18)(H,19,20). The quantitative estimate of drug-likeness (QED) is 0.745. The summed E-state index contributed by atoms with van der Waals surface area (Å²) in [7, 11) is 0. The Morgan fingerprint density at radius 2 is 1.35 bits per heavy atom. The van der Waals surface area contributed by atoms with E-state index in [0.717, 1.165) is 0 Å². The lowest BCUT2D eigenvalue weighted by molar-refractivity contribution is 0.0696. The van der Waals surface area contributed by atoms with Gasteiger partial charge in [0.1, 0.15) is 0 Å². The van der Waals surface area contributed by atoms with Crippen molar-refractivity contribution in [3.63, 3.8) is 0 Å². The van der Waals surface area contributed by atoms with E-state index < -0.39 is 11.9 Å². The van der Waals surface area contributed by atoms with Gasteiger partial charge in [-0.05, 0) is 47.9 Å². The first-order valence-corrected chi connectivity index (χ1v) is 5.87. The largest absolute Gasteiger partial charge is 0.478 e. The number of nitrogen functional groups attached to an aromatic ring is 1. The molecule has 5 nitrogen and oxygen atoms in total. The van der Waals surface area contributed by atoms with Gasteiger partial charge >= 0.3 is 11.9 Å². The maximum atomic E-state index is 11.2. The van der Waals surface area contributed by atoms with Gasteiger partial charge in [-0.1, -0.05) is 12.1 Å². The Kier molecular flexibility index (Phi) is 3.43. The topological polar surface area (TPSA) is 101 Å². The van der Waals surface area contributed by atoms with Crippen LogP contribution in [0.15, 0.2) is 36.4 Å². The van der Waals surface area contributed by atoms with Crippen molar-refractivity contribution in [3.05, 3.63) is 53.1 Å². The van der Waals surface area contributed by atoms with Crippen molar-refractivity contribution in [1.29, 1.82) is 0 Å². The summed E-state index contributed by atoms with van der Waals surface area (Å²) in [6, 6.07) is 9.73. The highest BCUT2D eigenvalue weighted by molar-refractivity contribution is 5.98. The minimum atomic E-state index is -1.15. The molecule has 0 atom stereocenters. The average Bonchev–Trinajstić information content (AvgIpc) is 2.39. The molecule has 5 heteroatoms. The zero-order valence-electron chi connectivity index (χ0n) is 10.8. The second kappa shape index (κ2) is 5.05. The Labute approximate surface area is 115 Å². The highest BCUT2D eigenvalue weighted by Gasteiger charge is 2.17. The summed E-state index contributed by atoms with van der Waals surface area (Å²) >= 11 is 0. The lowest BCUT2D eigenvalue weighted by Crippen LogP contribution is -2.07. The molecule has 102 valence electrons. The molecule has 2 rings (SSSR count). The van der Waals surface area contributed by atoms with Gasteiger partial charge in [0, 0.05) is 5.69 Å². The number of benzene rings is 2. The number of nitrogens with two attached hydrogens (primary N) is 1. The molecule has 0 aliphatic heterocycles. The average molecular weight is 271 g/mol. The molecule has 0 heterocycles. The highest BCUT2D eigenvalue weighted by Crippen LogP contribution is 2.26. The molecule has 0 radical (unpaired) electrons.